The minimum atomic E-state index is -1.03. The molecule has 0 bridgehead atoms. The summed E-state index contributed by atoms with van der Waals surface area (Å²) in [6.07, 6.45) is 2.74. The predicted octanol–water partition coefficient (Wildman–Crippen LogP) is 2.84. The van der Waals surface area contributed by atoms with E-state index in [0.717, 1.165) is 10.5 Å². The van der Waals surface area contributed by atoms with Crippen LogP contribution in [0.4, 0.5) is 0 Å². The molecular formula is C15H18BrNO4. The predicted molar refractivity (Wildman–Crippen MR) is 84.2 cm³/mol. The molecule has 6 heteroatoms. The van der Waals surface area contributed by atoms with Crippen molar-refractivity contribution in [2.75, 3.05) is 6.61 Å². The summed E-state index contributed by atoms with van der Waals surface area (Å²) < 4.78 is 6.37. The number of hydrogen-bond donors (Lipinski definition) is 2. The van der Waals surface area contributed by atoms with Crippen LogP contribution in [0.25, 0.3) is 6.08 Å². The van der Waals surface area contributed by atoms with Crippen LogP contribution in [0.3, 0.4) is 0 Å². The third-order valence-electron chi connectivity index (χ3n) is 2.41. The Kier molecular flexibility index (Phi) is 6.94. The zero-order chi connectivity index (χ0) is 15.8. The van der Waals surface area contributed by atoms with Crippen LogP contribution in [-0.4, -0.2) is 29.6 Å². The topological polar surface area (TPSA) is 75.6 Å². The van der Waals surface area contributed by atoms with Crippen molar-refractivity contribution in [3.05, 3.63) is 34.3 Å². The molecule has 0 saturated carbocycles. The van der Waals surface area contributed by atoms with Crippen molar-refractivity contribution in [1.82, 2.24) is 5.32 Å². The Labute approximate surface area is 132 Å². The average molecular weight is 356 g/mol. The summed E-state index contributed by atoms with van der Waals surface area (Å²) in [6, 6.07) is 5.37. The molecule has 0 unspecified atom stereocenters. The van der Waals surface area contributed by atoms with E-state index in [1.54, 1.807) is 18.2 Å². The molecule has 1 aromatic carbocycles. The zero-order valence-electron chi connectivity index (χ0n) is 11.9. The van der Waals surface area contributed by atoms with Gasteiger partial charge in [0.15, 0.2) is 0 Å². The van der Waals surface area contributed by atoms with Crippen LogP contribution >= 0.6 is 15.9 Å². The van der Waals surface area contributed by atoms with E-state index in [0.29, 0.717) is 11.3 Å². The Morgan fingerprint density at radius 2 is 2.14 bits per heavy atom. The molecule has 1 aromatic rings. The molecule has 0 spiro atoms. The number of benzene rings is 1. The lowest BCUT2D eigenvalue weighted by Crippen LogP contribution is -2.31. The van der Waals surface area contributed by atoms with Crippen LogP contribution in [0.5, 0.6) is 5.75 Å². The van der Waals surface area contributed by atoms with Gasteiger partial charge >= 0.3 is 5.97 Å². The summed E-state index contributed by atoms with van der Waals surface area (Å²) in [4.78, 5) is 22.1. The number of amides is 1. The SMILES string of the molecule is CC(C)NC(=O)CCOc1ccc(Br)cc1C=CC(=O)O. The van der Waals surface area contributed by atoms with Crippen LogP contribution in [0, 0.1) is 0 Å². The minimum Gasteiger partial charge on any atom is -0.492 e. The van der Waals surface area contributed by atoms with Gasteiger partial charge in [0.05, 0.1) is 13.0 Å². The number of carbonyl (C=O) groups is 2. The Balaban J connectivity index is 2.66. The number of carboxylic acids is 1. The Hall–Kier alpha value is -1.82. The number of carbonyl (C=O) groups excluding carboxylic acids is 1. The van der Waals surface area contributed by atoms with Crippen molar-refractivity contribution in [3.8, 4) is 5.75 Å². The number of halogens is 1. The van der Waals surface area contributed by atoms with Gasteiger partial charge in [0.2, 0.25) is 5.91 Å². The largest absolute Gasteiger partial charge is 0.492 e. The van der Waals surface area contributed by atoms with Gasteiger partial charge in [-0.3, -0.25) is 4.79 Å². The molecule has 0 fully saturated rings. The Morgan fingerprint density at radius 1 is 1.43 bits per heavy atom. The Bertz CT molecular complexity index is 540. The van der Waals surface area contributed by atoms with Gasteiger partial charge in [0.25, 0.3) is 0 Å². The van der Waals surface area contributed by atoms with E-state index in [2.05, 4.69) is 21.2 Å². The highest BCUT2D eigenvalue weighted by Gasteiger charge is 2.06. The maximum absolute atomic E-state index is 11.5. The van der Waals surface area contributed by atoms with Gasteiger partial charge in [-0.25, -0.2) is 4.79 Å². The maximum atomic E-state index is 11.5. The zero-order valence-corrected chi connectivity index (χ0v) is 13.5. The number of ether oxygens (including phenoxy) is 1. The quantitative estimate of drug-likeness (QED) is 0.737. The summed E-state index contributed by atoms with van der Waals surface area (Å²) in [5, 5.41) is 11.5. The first-order chi connectivity index (χ1) is 9.88. The van der Waals surface area contributed by atoms with Crippen LogP contribution in [0.1, 0.15) is 25.8 Å². The van der Waals surface area contributed by atoms with Crippen molar-refractivity contribution in [2.24, 2.45) is 0 Å². The second kappa shape index (κ2) is 8.46. The fourth-order valence-corrected chi connectivity index (χ4v) is 1.97. The van der Waals surface area contributed by atoms with E-state index >= 15 is 0 Å². The number of rotatable bonds is 7. The first-order valence-electron chi connectivity index (χ1n) is 6.51. The fourth-order valence-electron chi connectivity index (χ4n) is 1.59. The smallest absolute Gasteiger partial charge is 0.328 e. The summed E-state index contributed by atoms with van der Waals surface area (Å²) in [7, 11) is 0. The molecule has 0 aromatic heterocycles. The average Bonchev–Trinajstić information content (AvgIpc) is 2.37. The molecule has 0 heterocycles. The molecule has 2 N–H and O–H groups in total. The summed E-state index contributed by atoms with van der Waals surface area (Å²) in [5.41, 5.74) is 0.635. The standard InChI is InChI=1S/C15H18BrNO4/c1-10(2)17-14(18)7-8-21-13-5-4-12(16)9-11(13)3-6-15(19)20/h3-6,9-10H,7-8H2,1-2H3,(H,17,18)(H,19,20). The van der Waals surface area contributed by atoms with Crippen LogP contribution in [0.15, 0.2) is 28.7 Å². The first-order valence-corrected chi connectivity index (χ1v) is 7.30. The lowest BCUT2D eigenvalue weighted by Gasteiger charge is -2.11. The van der Waals surface area contributed by atoms with Gasteiger partial charge in [0, 0.05) is 22.2 Å². The Morgan fingerprint density at radius 3 is 2.76 bits per heavy atom. The number of hydrogen-bond acceptors (Lipinski definition) is 3. The highest BCUT2D eigenvalue weighted by Crippen LogP contribution is 2.24. The van der Waals surface area contributed by atoms with Crippen molar-refractivity contribution >= 4 is 33.9 Å². The first kappa shape index (κ1) is 17.2. The van der Waals surface area contributed by atoms with Gasteiger partial charge in [-0.05, 0) is 38.1 Å². The second-order valence-corrected chi connectivity index (χ2v) is 5.59. The summed E-state index contributed by atoms with van der Waals surface area (Å²) in [5.74, 6) is -0.574. The highest BCUT2D eigenvalue weighted by atomic mass is 79.9. The fraction of sp³-hybridized carbons (Fsp3) is 0.333. The van der Waals surface area contributed by atoms with Crippen molar-refractivity contribution in [3.63, 3.8) is 0 Å². The van der Waals surface area contributed by atoms with Crippen LogP contribution in [-0.2, 0) is 9.59 Å². The van der Waals surface area contributed by atoms with Gasteiger partial charge in [-0.1, -0.05) is 15.9 Å². The maximum Gasteiger partial charge on any atom is 0.328 e. The number of carboxylic acid groups (broad SMARTS) is 1. The second-order valence-electron chi connectivity index (χ2n) is 4.67. The lowest BCUT2D eigenvalue weighted by atomic mass is 10.2. The van der Waals surface area contributed by atoms with Gasteiger partial charge < -0.3 is 15.2 Å². The molecule has 114 valence electrons. The van der Waals surface area contributed by atoms with E-state index in [1.807, 2.05) is 13.8 Å². The van der Waals surface area contributed by atoms with E-state index < -0.39 is 5.97 Å². The van der Waals surface area contributed by atoms with Gasteiger partial charge in [-0.15, -0.1) is 0 Å². The lowest BCUT2D eigenvalue weighted by molar-refractivity contribution is -0.131. The summed E-state index contributed by atoms with van der Waals surface area (Å²) in [6.45, 7) is 4.01. The van der Waals surface area contributed by atoms with Crippen molar-refractivity contribution in [1.29, 1.82) is 0 Å². The van der Waals surface area contributed by atoms with Gasteiger partial charge in [-0.2, -0.15) is 0 Å². The third kappa shape index (κ3) is 6.94. The molecule has 0 aliphatic rings. The highest BCUT2D eigenvalue weighted by molar-refractivity contribution is 9.10. The molecule has 0 aliphatic carbocycles. The number of nitrogens with one attached hydrogen (secondary N) is 1. The molecule has 21 heavy (non-hydrogen) atoms. The summed E-state index contributed by atoms with van der Waals surface area (Å²) >= 11 is 3.32. The van der Waals surface area contributed by atoms with E-state index in [-0.39, 0.29) is 25.0 Å². The van der Waals surface area contributed by atoms with E-state index in [9.17, 15) is 9.59 Å². The van der Waals surface area contributed by atoms with E-state index in [4.69, 9.17) is 9.84 Å². The number of aliphatic carboxylic acids is 1. The molecular weight excluding hydrogens is 338 g/mol. The molecule has 0 atom stereocenters. The molecule has 0 saturated heterocycles. The van der Waals surface area contributed by atoms with Crippen LogP contribution in [0.2, 0.25) is 0 Å². The molecule has 0 aliphatic heterocycles. The molecule has 5 nitrogen and oxygen atoms in total. The monoisotopic (exact) mass is 355 g/mol. The normalized spacial score (nSPS) is 10.9. The molecule has 0 radical (unpaired) electrons. The van der Waals surface area contributed by atoms with Crippen molar-refractivity contribution in [2.45, 2.75) is 26.3 Å². The third-order valence-corrected chi connectivity index (χ3v) is 2.91. The van der Waals surface area contributed by atoms with Crippen molar-refractivity contribution < 1.29 is 19.4 Å². The minimum absolute atomic E-state index is 0.0789. The van der Waals surface area contributed by atoms with E-state index in [1.165, 1.54) is 6.08 Å². The molecule has 1 rings (SSSR count). The van der Waals surface area contributed by atoms with Crippen LogP contribution < -0.4 is 10.1 Å². The van der Waals surface area contributed by atoms with Gasteiger partial charge in [0.1, 0.15) is 5.75 Å². The molecule has 1 amide bonds.